The lowest BCUT2D eigenvalue weighted by Crippen LogP contribution is -2.18. The lowest BCUT2D eigenvalue weighted by atomic mass is 10.1. The number of hydrogen-bond donors (Lipinski definition) is 1. The van der Waals surface area contributed by atoms with Gasteiger partial charge < -0.3 is 5.11 Å². The molecule has 26 heavy (non-hydrogen) atoms. The van der Waals surface area contributed by atoms with Crippen LogP contribution in [-0.2, 0) is 21.2 Å². The van der Waals surface area contributed by atoms with E-state index in [9.17, 15) is 26.4 Å². The van der Waals surface area contributed by atoms with E-state index in [2.05, 4.69) is 4.98 Å². The molecule has 0 saturated carbocycles. The van der Waals surface area contributed by atoms with Crippen LogP contribution < -0.4 is 0 Å². The number of halogens is 3. The molecule has 0 aliphatic heterocycles. The Balaban J connectivity index is 2.37. The molecule has 0 radical (unpaired) electrons. The topological polar surface area (TPSA) is 89.3 Å². The Morgan fingerprint density at radius 2 is 1.88 bits per heavy atom. The van der Waals surface area contributed by atoms with Crippen molar-refractivity contribution in [3.63, 3.8) is 0 Å². The molecule has 0 fully saturated rings. The zero-order valence-electron chi connectivity index (χ0n) is 13.2. The minimum Gasteiger partial charge on any atom is -0.481 e. The molecule has 0 amide bonds. The fraction of sp³-hybridized carbons (Fsp3) is 0.125. The highest BCUT2D eigenvalue weighted by Gasteiger charge is 2.30. The average molecular weight is 384 g/mol. The van der Waals surface area contributed by atoms with Crippen LogP contribution in [0, 0.1) is 24.4 Å². The van der Waals surface area contributed by atoms with Gasteiger partial charge in [0, 0.05) is 17.3 Å². The molecule has 0 unspecified atom stereocenters. The van der Waals surface area contributed by atoms with Gasteiger partial charge in [-0.3, -0.25) is 4.79 Å². The summed E-state index contributed by atoms with van der Waals surface area (Å²) in [7, 11) is -4.70. The number of carbonyl (C=O) groups is 1. The Hall–Kier alpha value is -2.88. The largest absolute Gasteiger partial charge is 0.481 e. The summed E-state index contributed by atoms with van der Waals surface area (Å²) in [5.41, 5.74) is 0.0304. The van der Waals surface area contributed by atoms with Crippen LogP contribution in [0.15, 0.2) is 35.4 Å². The highest BCUT2D eigenvalue weighted by molar-refractivity contribution is 7.90. The van der Waals surface area contributed by atoms with Gasteiger partial charge in [-0.2, -0.15) is 0 Å². The number of rotatable bonds is 4. The Morgan fingerprint density at radius 3 is 2.54 bits per heavy atom. The van der Waals surface area contributed by atoms with Gasteiger partial charge in [-0.25, -0.2) is 30.5 Å². The summed E-state index contributed by atoms with van der Waals surface area (Å²) in [5.74, 6) is -6.51. The van der Waals surface area contributed by atoms with E-state index in [0.29, 0.717) is 16.1 Å². The minimum absolute atomic E-state index is 0.00904. The Labute approximate surface area is 145 Å². The van der Waals surface area contributed by atoms with Gasteiger partial charge in [-0.05, 0) is 36.8 Å². The first kappa shape index (κ1) is 17.9. The number of carboxylic acid groups (broad SMARTS) is 1. The van der Waals surface area contributed by atoms with E-state index in [-0.39, 0.29) is 22.3 Å². The normalized spacial score (nSPS) is 11.8. The van der Waals surface area contributed by atoms with Gasteiger partial charge in [0.05, 0.1) is 6.42 Å². The summed E-state index contributed by atoms with van der Waals surface area (Å²) in [6.07, 6.45) is 0.788. The molecule has 2 heterocycles. The maximum absolute atomic E-state index is 14.1. The molecule has 3 rings (SSSR count). The number of nitrogens with zero attached hydrogens (tertiary/aromatic N) is 2. The Kier molecular flexibility index (Phi) is 4.23. The predicted molar refractivity (Wildman–Crippen MR) is 84.7 cm³/mol. The number of aliphatic carboxylic acids is 1. The minimum atomic E-state index is -4.70. The molecule has 0 saturated heterocycles. The van der Waals surface area contributed by atoms with E-state index in [0.717, 1.165) is 0 Å². The van der Waals surface area contributed by atoms with Crippen molar-refractivity contribution < 1.29 is 31.5 Å². The van der Waals surface area contributed by atoms with E-state index in [1.807, 2.05) is 0 Å². The lowest BCUT2D eigenvalue weighted by Gasteiger charge is -2.11. The van der Waals surface area contributed by atoms with E-state index >= 15 is 0 Å². The van der Waals surface area contributed by atoms with Crippen LogP contribution in [0.5, 0.6) is 0 Å². The highest BCUT2D eigenvalue weighted by atomic mass is 32.2. The molecule has 0 bridgehead atoms. The van der Waals surface area contributed by atoms with Crippen LogP contribution in [0.1, 0.15) is 11.3 Å². The average Bonchev–Trinajstić information content (AvgIpc) is 2.85. The molecular formula is C16H11F3N2O4S. The van der Waals surface area contributed by atoms with Crippen LogP contribution in [0.4, 0.5) is 13.2 Å². The van der Waals surface area contributed by atoms with Crippen LogP contribution >= 0.6 is 0 Å². The molecule has 10 heteroatoms. The maximum Gasteiger partial charge on any atom is 0.307 e. The molecule has 1 N–H and O–H groups in total. The Morgan fingerprint density at radius 1 is 1.19 bits per heavy atom. The molecule has 6 nitrogen and oxygen atoms in total. The van der Waals surface area contributed by atoms with Crippen molar-refractivity contribution in [3.05, 3.63) is 59.2 Å². The second-order valence-corrected chi connectivity index (χ2v) is 7.21. The van der Waals surface area contributed by atoms with Crippen molar-refractivity contribution in [2.45, 2.75) is 18.2 Å². The molecule has 136 valence electrons. The molecule has 2 aromatic heterocycles. The van der Waals surface area contributed by atoms with Gasteiger partial charge >= 0.3 is 5.97 Å². The number of fused-ring (bicyclic) bond motifs is 1. The summed E-state index contributed by atoms with van der Waals surface area (Å²) in [6.45, 7) is 1.33. The van der Waals surface area contributed by atoms with E-state index < -0.39 is 44.8 Å². The summed E-state index contributed by atoms with van der Waals surface area (Å²) < 4.78 is 67.2. The molecule has 3 aromatic rings. The van der Waals surface area contributed by atoms with Gasteiger partial charge in [0.1, 0.15) is 4.90 Å². The van der Waals surface area contributed by atoms with Crippen LogP contribution in [0.3, 0.4) is 0 Å². The van der Waals surface area contributed by atoms with E-state index in [1.54, 1.807) is 0 Å². The van der Waals surface area contributed by atoms with Crippen LogP contribution in [0.2, 0.25) is 0 Å². The van der Waals surface area contributed by atoms with E-state index in [4.69, 9.17) is 5.11 Å². The first-order chi connectivity index (χ1) is 12.2. The van der Waals surface area contributed by atoms with Crippen molar-refractivity contribution in [3.8, 4) is 0 Å². The van der Waals surface area contributed by atoms with E-state index in [1.165, 1.54) is 25.3 Å². The zero-order chi connectivity index (χ0) is 19.2. The second kappa shape index (κ2) is 6.13. The fourth-order valence-corrected chi connectivity index (χ4v) is 4.34. The van der Waals surface area contributed by atoms with Gasteiger partial charge in [0.2, 0.25) is 0 Å². The highest BCUT2D eigenvalue weighted by Crippen LogP contribution is 2.30. The smallest absolute Gasteiger partial charge is 0.307 e. The molecule has 0 atom stereocenters. The number of carboxylic acids is 1. The first-order valence-corrected chi connectivity index (χ1v) is 8.66. The molecule has 1 aromatic carbocycles. The number of benzene rings is 1. The molecular weight excluding hydrogens is 373 g/mol. The van der Waals surface area contributed by atoms with Crippen molar-refractivity contribution in [2.24, 2.45) is 0 Å². The summed E-state index contributed by atoms with van der Waals surface area (Å²) in [5, 5.41) is 9.31. The lowest BCUT2D eigenvalue weighted by molar-refractivity contribution is -0.136. The molecule has 0 aliphatic rings. The monoisotopic (exact) mass is 384 g/mol. The fourth-order valence-electron chi connectivity index (χ4n) is 2.74. The van der Waals surface area contributed by atoms with Crippen molar-refractivity contribution in [2.75, 3.05) is 0 Å². The Bertz CT molecular complexity index is 1160. The predicted octanol–water partition coefficient (Wildman–Crippen LogP) is 2.63. The summed E-state index contributed by atoms with van der Waals surface area (Å²) in [6, 6.07) is 4.07. The SMILES string of the molecule is Cc1c(CC(=O)O)c2cccnc2n1S(=O)(=O)c1ccc(F)c(F)c1F. The quantitative estimate of drug-likeness (QED) is 0.699. The number of pyridine rings is 1. The molecule has 0 aliphatic carbocycles. The second-order valence-electron chi connectivity index (χ2n) is 5.45. The van der Waals surface area contributed by atoms with Gasteiger partial charge in [-0.15, -0.1) is 0 Å². The van der Waals surface area contributed by atoms with Crippen LogP contribution in [-0.4, -0.2) is 28.5 Å². The van der Waals surface area contributed by atoms with Crippen molar-refractivity contribution in [1.29, 1.82) is 0 Å². The van der Waals surface area contributed by atoms with Gasteiger partial charge in [0.15, 0.2) is 23.1 Å². The third-order valence-electron chi connectivity index (χ3n) is 3.89. The number of hydrogen-bond acceptors (Lipinski definition) is 4. The van der Waals surface area contributed by atoms with Gasteiger partial charge in [-0.1, -0.05) is 0 Å². The maximum atomic E-state index is 14.1. The standard InChI is InChI=1S/C16H11F3N2O4S/c1-8-10(7-13(22)23)9-3-2-6-20-16(9)21(8)26(24,25)12-5-4-11(17)14(18)15(12)19/h2-6H,7H2,1H3,(H,22,23). The first-order valence-electron chi connectivity index (χ1n) is 7.22. The summed E-state index contributed by atoms with van der Waals surface area (Å²) >= 11 is 0. The zero-order valence-corrected chi connectivity index (χ0v) is 14.0. The van der Waals surface area contributed by atoms with Gasteiger partial charge in [0.25, 0.3) is 10.0 Å². The number of aromatic nitrogens is 2. The summed E-state index contributed by atoms with van der Waals surface area (Å²) in [4.78, 5) is 14.0. The molecule has 0 spiro atoms. The third-order valence-corrected chi connectivity index (χ3v) is 5.69. The van der Waals surface area contributed by atoms with Crippen LogP contribution in [0.25, 0.3) is 11.0 Å². The van der Waals surface area contributed by atoms with Crippen molar-refractivity contribution in [1.82, 2.24) is 8.96 Å². The third kappa shape index (κ3) is 2.62. The van der Waals surface area contributed by atoms with Crippen molar-refractivity contribution >= 4 is 27.0 Å².